The van der Waals surface area contributed by atoms with E-state index >= 15 is 0 Å². The Morgan fingerprint density at radius 3 is 0.761 bits per heavy atom. The highest BCUT2D eigenvalue weighted by Crippen LogP contribution is 2.38. The molecule has 0 aliphatic carbocycles. The lowest BCUT2D eigenvalue weighted by Crippen LogP contribution is -2.67. The van der Waals surface area contributed by atoms with Crippen molar-refractivity contribution in [3.63, 3.8) is 0 Å². The van der Waals surface area contributed by atoms with E-state index in [1.165, 1.54) is 170 Å². The smallest absolute Gasteiger partial charge is 0.338 e. The van der Waals surface area contributed by atoms with Crippen molar-refractivity contribution < 1.29 is 124 Å². The van der Waals surface area contributed by atoms with Crippen molar-refractivity contribution in [3.05, 3.63) is 323 Å². The van der Waals surface area contributed by atoms with Gasteiger partial charge in [0.15, 0.2) is 73.8 Å². The van der Waals surface area contributed by atoms with E-state index < -0.39 is 172 Å². The van der Waals surface area contributed by atoms with Crippen LogP contribution in [0.4, 0.5) is 0 Å². The maximum absolute atomic E-state index is 15.0. The molecular weight excluding hydrogens is 1410 g/mol. The third kappa shape index (κ3) is 19.6. The molecule has 3 aliphatic rings. The molecule has 0 radical (unpaired) electrons. The molecular formula is C83H70O26. The summed E-state index contributed by atoms with van der Waals surface area (Å²) in [7, 11) is 0. The highest BCUT2D eigenvalue weighted by molar-refractivity contribution is 5.94. The van der Waals surface area contributed by atoms with Gasteiger partial charge >= 0.3 is 59.7 Å². The summed E-state index contributed by atoms with van der Waals surface area (Å²) >= 11 is 0. The summed E-state index contributed by atoms with van der Waals surface area (Å²) in [6, 6.07) is 67.7. The van der Waals surface area contributed by atoms with Crippen LogP contribution in [0, 0.1) is 0 Å². The van der Waals surface area contributed by atoms with Crippen LogP contribution in [0.1, 0.15) is 100 Å². The topological polar surface area (TPSA) is 329 Å². The number of aliphatic hydroxyl groups excluding tert-OH is 1. The Hall–Kier alpha value is -12.6. The van der Waals surface area contributed by atoms with E-state index in [0.717, 1.165) is 6.92 Å². The first-order valence-corrected chi connectivity index (χ1v) is 34.4. The predicted molar refractivity (Wildman–Crippen MR) is 378 cm³/mol. The van der Waals surface area contributed by atoms with Gasteiger partial charge in [-0.05, 0) is 109 Å². The summed E-state index contributed by atoms with van der Waals surface area (Å²) in [4.78, 5) is 144. The van der Waals surface area contributed by atoms with E-state index in [0.29, 0.717) is 0 Å². The molecule has 1 N–H and O–H groups in total. The van der Waals surface area contributed by atoms with Gasteiger partial charge in [-0.25, -0.2) is 43.2 Å². The third-order valence-corrected chi connectivity index (χ3v) is 17.4. The van der Waals surface area contributed by atoms with Crippen LogP contribution in [-0.2, 0) is 75.8 Å². The monoisotopic (exact) mass is 1480 g/mol. The molecule has 0 amide bonds. The van der Waals surface area contributed by atoms with Crippen molar-refractivity contribution in [2.75, 3.05) is 19.8 Å². The van der Waals surface area contributed by atoms with Gasteiger partial charge < -0.3 is 76.2 Å². The maximum atomic E-state index is 15.0. The first-order chi connectivity index (χ1) is 53.0. The molecule has 3 saturated heterocycles. The second-order valence-corrected chi connectivity index (χ2v) is 24.7. The highest BCUT2D eigenvalue weighted by Gasteiger charge is 2.60. The van der Waals surface area contributed by atoms with Gasteiger partial charge in [-0.3, -0.25) is 4.79 Å². The van der Waals surface area contributed by atoms with Gasteiger partial charge in [0.1, 0.15) is 31.5 Å². The van der Waals surface area contributed by atoms with Gasteiger partial charge in [0, 0.05) is 6.92 Å². The normalized spacial score (nSPS) is 23.5. The number of carbonyl (C=O) groups is 10. The summed E-state index contributed by atoms with van der Waals surface area (Å²) < 4.78 is 94.8. The Kier molecular flexibility index (Phi) is 25.6. The van der Waals surface area contributed by atoms with Crippen molar-refractivity contribution in [1.29, 1.82) is 0 Å². The molecule has 3 heterocycles. The van der Waals surface area contributed by atoms with E-state index in [1.807, 2.05) is 0 Å². The average Bonchev–Trinajstić information content (AvgIpc) is 0.764. The standard InChI is InChI=1S/C83H70O26/c1-50(84)95-47-61-64(102-74(87)53-33-15-4-16-34-53)67(105-77(90)56-39-21-7-22-40-56)70(107-79(92)58-43-25-9-26-44-58)82(99-61)97-49-60-63(101-73(86)52-31-13-3-14-32-52)66(104-76(89)55-37-19-6-20-38-55)69(81(94)98-60)109-83-71(108-80(93)59-45-27-10-28-46-59)68(106-78(91)57-41-23-8-24-42-57)65(103-75(88)54-35-17-5-18-36-54)62(100-83)48-96-72(85)51-29-11-2-12-30-51/h2-46,60-71,81-83,94H,47-49H2,1H3/t60-,61-,62-,63-,64-,65-,66+,67+,68+,69+,70+,71+,81+,82+,83-/m1/s1. The fraction of sp³-hybridized carbons (Fsp3) is 0.229. The summed E-state index contributed by atoms with van der Waals surface area (Å²) in [5.74, 6) is -10.3. The highest BCUT2D eigenvalue weighted by atomic mass is 16.8. The molecule has 9 aromatic rings. The van der Waals surface area contributed by atoms with Crippen molar-refractivity contribution in [2.45, 2.75) is 99.0 Å². The molecule has 3 aliphatic heterocycles. The first kappa shape index (κ1) is 76.1. The van der Waals surface area contributed by atoms with E-state index in [1.54, 1.807) is 103 Å². The molecule has 0 unspecified atom stereocenters. The number of ether oxygens (including phenoxy) is 15. The lowest BCUT2D eigenvalue weighted by molar-refractivity contribution is -0.364. The minimum absolute atomic E-state index is 0.00903. The number of esters is 10. The molecule has 0 aromatic heterocycles. The second kappa shape index (κ2) is 36.6. The van der Waals surface area contributed by atoms with Gasteiger partial charge in [0.25, 0.3) is 0 Å². The van der Waals surface area contributed by atoms with Crippen LogP contribution in [0.2, 0.25) is 0 Å². The van der Waals surface area contributed by atoms with Gasteiger partial charge in [0.05, 0.1) is 56.7 Å². The zero-order valence-corrected chi connectivity index (χ0v) is 57.9. The van der Waals surface area contributed by atoms with Crippen LogP contribution in [-0.4, -0.2) is 177 Å². The summed E-state index contributed by atoms with van der Waals surface area (Å²) in [6.45, 7) is -1.48. The number of aliphatic hydroxyl groups is 1. The van der Waals surface area contributed by atoms with Crippen molar-refractivity contribution in [1.82, 2.24) is 0 Å². The molecule has 26 nitrogen and oxygen atoms in total. The van der Waals surface area contributed by atoms with Crippen molar-refractivity contribution >= 4 is 59.7 Å². The molecule has 0 spiro atoms. The van der Waals surface area contributed by atoms with E-state index in [4.69, 9.17) is 71.1 Å². The molecule has 0 bridgehead atoms. The molecule has 12 rings (SSSR count). The van der Waals surface area contributed by atoms with Gasteiger partial charge in [-0.1, -0.05) is 164 Å². The van der Waals surface area contributed by atoms with Crippen LogP contribution >= 0.6 is 0 Å². The largest absolute Gasteiger partial charge is 0.463 e. The van der Waals surface area contributed by atoms with Crippen LogP contribution in [0.5, 0.6) is 0 Å². The molecule has 3 fully saturated rings. The van der Waals surface area contributed by atoms with E-state index in [-0.39, 0.29) is 50.1 Å². The number of rotatable bonds is 26. The fourth-order valence-electron chi connectivity index (χ4n) is 12.0. The maximum Gasteiger partial charge on any atom is 0.338 e. The van der Waals surface area contributed by atoms with Gasteiger partial charge in [0.2, 0.25) is 0 Å². The molecule has 0 saturated carbocycles. The van der Waals surface area contributed by atoms with Gasteiger partial charge in [-0.15, -0.1) is 0 Å². The number of carbonyl (C=O) groups excluding carboxylic acids is 10. The van der Waals surface area contributed by atoms with Crippen LogP contribution < -0.4 is 0 Å². The SMILES string of the molecule is CC(=O)OC[C@H]1O[C@H](OC[C@H]2O[C@H](O)[C@@H](O[C@H]3O[C@H](COC(=O)c4ccccc4)[C@@H](OC(=O)c4ccccc4)[C@H](OC(=O)c4ccccc4)[C@@H]3OC(=O)c3ccccc3)[C@@H](OC(=O)c3ccccc3)[C@@H]2OC(=O)c2ccccc2)[C@@H](OC(=O)c2ccccc2)[C@@H](OC(=O)c2ccccc2)[C@@H]1OC(=O)c1ccccc1. The quantitative estimate of drug-likeness (QED) is 0.0389. The average molecular weight is 1480 g/mol. The van der Waals surface area contributed by atoms with E-state index in [9.17, 15) is 53.1 Å². The lowest BCUT2D eigenvalue weighted by Gasteiger charge is -2.48. The molecule has 9 aromatic carbocycles. The first-order valence-electron chi connectivity index (χ1n) is 34.4. The van der Waals surface area contributed by atoms with E-state index in [2.05, 4.69) is 0 Å². The number of benzene rings is 9. The Morgan fingerprint density at radius 2 is 0.477 bits per heavy atom. The number of hydrogen-bond donors (Lipinski definition) is 1. The summed E-state index contributed by atoms with van der Waals surface area (Å²) in [6.07, 6.45) is -30.4. The second-order valence-electron chi connectivity index (χ2n) is 24.7. The lowest BCUT2D eigenvalue weighted by atomic mass is 9.95. The molecule has 15 atom stereocenters. The minimum atomic E-state index is -2.45. The minimum Gasteiger partial charge on any atom is -0.463 e. The van der Waals surface area contributed by atoms with Gasteiger partial charge in [-0.2, -0.15) is 0 Å². The summed E-state index contributed by atoms with van der Waals surface area (Å²) in [5, 5.41) is 12.9. The molecule has 26 heteroatoms. The Labute approximate surface area is 623 Å². The molecule has 109 heavy (non-hydrogen) atoms. The van der Waals surface area contributed by atoms with Crippen LogP contribution in [0.25, 0.3) is 0 Å². The fourth-order valence-corrected chi connectivity index (χ4v) is 12.0. The summed E-state index contributed by atoms with van der Waals surface area (Å²) in [5.41, 5.74) is -0.370. The zero-order chi connectivity index (χ0) is 76.2. The number of hydrogen-bond acceptors (Lipinski definition) is 26. The Bertz CT molecular complexity index is 4570. The molecule has 558 valence electrons. The van der Waals surface area contributed by atoms with Crippen LogP contribution in [0.15, 0.2) is 273 Å². The third-order valence-electron chi connectivity index (χ3n) is 17.4. The predicted octanol–water partition coefficient (Wildman–Crippen LogP) is 9.78. The van der Waals surface area contributed by atoms with Crippen molar-refractivity contribution in [2.24, 2.45) is 0 Å². The Balaban J connectivity index is 0.973. The van der Waals surface area contributed by atoms with Crippen LogP contribution in [0.3, 0.4) is 0 Å². The zero-order valence-electron chi connectivity index (χ0n) is 57.9. The van der Waals surface area contributed by atoms with Crippen molar-refractivity contribution in [3.8, 4) is 0 Å². The Morgan fingerprint density at radius 1 is 0.257 bits per heavy atom.